The van der Waals surface area contributed by atoms with Gasteiger partial charge in [-0.25, -0.2) is 0 Å². The molecule has 0 aromatic heterocycles. The topological polar surface area (TPSA) is 17.1 Å². The van der Waals surface area contributed by atoms with Gasteiger partial charge >= 0.3 is 0 Å². The van der Waals surface area contributed by atoms with Gasteiger partial charge in [0.05, 0.1) is 5.68 Å². The van der Waals surface area contributed by atoms with Crippen molar-refractivity contribution in [1.29, 1.82) is 0 Å². The lowest BCUT2D eigenvalue weighted by Crippen LogP contribution is -1.80. The Balaban J connectivity index is 2.80. The van der Waals surface area contributed by atoms with E-state index >= 15 is 0 Å². The first-order chi connectivity index (χ1) is 1.73. The standard InChI is InChI=1S/C2H4BO/c1-2(3)4/h3H,1H3. The molecule has 1 nitrogen and oxygen atoms in total. The number of carbonyl (C=O) groups is 1. The molecule has 0 unspecified atom stereocenters. The van der Waals surface area contributed by atoms with Crippen molar-refractivity contribution in [3.8, 4) is 0 Å². The van der Waals surface area contributed by atoms with Crippen LogP contribution in [0, 0.1) is 0 Å². The van der Waals surface area contributed by atoms with E-state index in [0.717, 1.165) is 0 Å². The van der Waals surface area contributed by atoms with Crippen molar-refractivity contribution < 1.29 is 4.79 Å². The van der Waals surface area contributed by atoms with Crippen molar-refractivity contribution in [1.82, 2.24) is 0 Å². The summed E-state index contributed by atoms with van der Waals surface area (Å²) in [5.41, 5.74) is -0.0833. The summed E-state index contributed by atoms with van der Waals surface area (Å²) >= 11 is 0. The first-order valence-electron chi connectivity index (χ1n) is 1.06. The Morgan fingerprint density at radius 3 is 2.00 bits per heavy atom. The third-order valence-electron chi connectivity index (χ3n) is 0. The fourth-order valence-electron chi connectivity index (χ4n) is 0. The fourth-order valence-corrected chi connectivity index (χ4v) is 0. The Morgan fingerprint density at radius 2 is 2.00 bits per heavy atom. The molecule has 21 valence electrons. The number of rotatable bonds is 0. The van der Waals surface area contributed by atoms with E-state index in [1.54, 1.807) is 0 Å². The van der Waals surface area contributed by atoms with Gasteiger partial charge in [0.2, 0.25) is 0 Å². The van der Waals surface area contributed by atoms with Crippen molar-refractivity contribution in [2.24, 2.45) is 0 Å². The van der Waals surface area contributed by atoms with Crippen LogP contribution in [0.5, 0.6) is 0 Å². The molecule has 0 aliphatic heterocycles. The molecule has 0 aliphatic rings. The van der Waals surface area contributed by atoms with E-state index < -0.39 is 0 Å². The third-order valence-corrected chi connectivity index (χ3v) is 0. The van der Waals surface area contributed by atoms with Gasteiger partial charge in [-0.05, 0) is 6.92 Å². The molecule has 0 amide bonds. The Hall–Kier alpha value is -0.265. The quantitative estimate of drug-likeness (QED) is 0.339. The molecule has 0 atom stereocenters. The average molecular weight is 54.9 g/mol. The van der Waals surface area contributed by atoms with Gasteiger partial charge in [0.1, 0.15) is 0 Å². The second kappa shape index (κ2) is 1.10. The molecular formula is C2H4BO. The first-order valence-corrected chi connectivity index (χ1v) is 1.06. The zero-order valence-corrected chi connectivity index (χ0v) is 2.62. The van der Waals surface area contributed by atoms with Crippen molar-refractivity contribution in [3.05, 3.63) is 0 Å². The summed E-state index contributed by atoms with van der Waals surface area (Å²) in [5.74, 6) is 0. The Bertz CT molecular complexity index is 29.0. The zero-order valence-electron chi connectivity index (χ0n) is 2.62. The summed E-state index contributed by atoms with van der Waals surface area (Å²) in [5, 5.41) is 0. The molecule has 0 saturated heterocycles. The van der Waals surface area contributed by atoms with Crippen LogP contribution in [0.15, 0.2) is 0 Å². The van der Waals surface area contributed by atoms with Gasteiger partial charge in [-0.15, -0.1) is 0 Å². The molecule has 0 fully saturated rings. The van der Waals surface area contributed by atoms with E-state index in [1.165, 1.54) is 6.92 Å². The Morgan fingerprint density at radius 1 is 2.00 bits per heavy atom. The molecule has 0 heterocycles. The van der Waals surface area contributed by atoms with Crippen LogP contribution in [-0.4, -0.2) is 13.5 Å². The lowest BCUT2D eigenvalue weighted by molar-refractivity contribution is -0.109. The molecule has 2 heteroatoms. The molecule has 0 N–H and O–H groups in total. The summed E-state index contributed by atoms with van der Waals surface area (Å²) in [6.07, 6.45) is 0. The van der Waals surface area contributed by atoms with Gasteiger partial charge in [-0.2, -0.15) is 0 Å². The molecule has 0 aliphatic carbocycles. The highest BCUT2D eigenvalue weighted by atomic mass is 16.1. The maximum Gasteiger partial charge on any atom is 0.180 e. The summed E-state index contributed by atoms with van der Waals surface area (Å²) in [6, 6.07) is 0. The van der Waals surface area contributed by atoms with Crippen LogP contribution in [0.4, 0.5) is 0 Å². The van der Waals surface area contributed by atoms with Gasteiger partial charge in [-0.3, -0.25) is 0 Å². The maximum absolute atomic E-state index is 9.33. The Kier molecular flexibility index (Phi) is 1.03. The van der Waals surface area contributed by atoms with Gasteiger partial charge in [0.25, 0.3) is 0 Å². The third kappa shape index (κ3) is 13.3. The van der Waals surface area contributed by atoms with Gasteiger partial charge in [0, 0.05) is 0 Å². The maximum atomic E-state index is 9.33. The molecule has 0 aromatic carbocycles. The molecule has 0 spiro atoms. The first kappa shape index (κ1) is 3.73. The number of hydrogen-bond donors (Lipinski definition) is 0. The predicted molar refractivity (Wildman–Crippen MR) is 17.8 cm³/mol. The average Bonchev–Trinajstić information content (AvgIpc) is 0.811. The van der Waals surface area contributed by atoms with Crippen LogP contribution in [0.25, 0.3) is 0 Å². The van der Waals surface area contributed by atoms with E-state index in [4.69, 9.17) is 0 Å². The number of carbonyl (C=O) groups excluding carboxylic acids is 1. The summed E-state index contributed by atoms with van der Waals surface area (Å²) < 4.78 is 0. The Labute approximate surface area is 26.4 Å². The molecule has 4 heavy (non-hydrogen) atoms. The second-order valence-corrected chi connectivity index (χ2v) is 0.702. The lowest BCUT2D eigenvalue weighted by Gasteiger charge is -1.55. The van der Waals surface area contributed by atoms with Crippen LogP contribution < -0.4 is 0 Å². The highest BCUT2D eigenvalue weighted by molar-refractivity contribution is 6.56. The van der Waals surface area contributed by atoms with Gasteiger partial charge < -0.3 is 4.79 Å². The summed E-state index contributed by atoms with van der Waals surface area (Å²) in [7, 11) is 3.00. The molecule has 0 aromatic rings. The minimum atomic E-state index is -0.0833. The number of hydrogen-bond acceptors (Lipinski definition) is 1. The minimum absolute atomic E-state index is 0.0833. The van der Waals surface area contributed by atoms with Crippen LogP contribution >= 0.6 is 0 Å². The van der Waals surface area contributed by atoms with Gasteiger partial charge in [-0.1, -0.05) is 0 Å². The second-order valence-electron chi connectivity index (χ2n) is 0.702. The molecule has 0 rings (SSSR count). The molecular weight excluding hydrogens is 50.8 g/mol. The van der Waals surface area contributed by atoms with E-state index in [2.05, 4.69) is 7.85 Å². The zero-order chi connectivity index (χ0) is 3.58. The highest BCUT2D eigenvalue weighted by Gasteiger charge is 1.63. The van der Waals surface area contributed by atoms with E-state index in [0.29, 0.717) is 0 Å². The van der Waals surface area contributed by atoms with Crippen LogP contribution in [0.1, 0.15) is 6.92 Å². The van der Waals surface area contributed by atoms with Crippen LogP contribution in [-0.2, 0) is 4.79 Å². The van der Waals surface area contributed by atoms with E-state index in [1.807, 2.05) is 0 Å². The van der Waals surface area contributed by atoms with Crippen LogP contribution in [0.2, 0.25) is 0 Å². The van der Waals surface area contributed by atoms with E-state index in [-0.39, 0.29) is 5.68 Å². The minimum Gasteiger partial charge on any atom is -0.313 e. The lowest BCUT2D eigenvalue weighted by atomic mass is 10.1. The SMILES string of the molecule is [BH]C(C)=O. The largest absolute Gasteiger partial charge is 0.313 e. The summed E-state index contributed by atoms with van der Waals surface area (Å²) in [4.78, 5) is 9.33. The summed E-state index contributed by atoms with van der Waals surface area (Å²) in [6.45, 7) is 1.42. The monoisotopic (exact) mass is 55.0 g/mol. The molecule has 0 saturated carbocycles. The smallest absolute Gasteiger partial charge is 0.180 e. The van der Waals surface area contributed by atoms with Crippen molar-refractivity contribution >= 4 is 13.5 Å². The van der Waals surface area contributed by atoms with Crippen molar-refractivity contribution in [3.63, 3.8) is 0 Å². The predicted octanol–water partition coefficient (Wildman–Crippen LogP) is -0.566. The van der Waals surface area contributed by atoms with E-state index in [9.17, 15) is 4.79 Å². The fraction of sp³-hybridized carbons (Fsp3) is 0.500. The molecule has 1 radical (unpaired) electrons. The van der Waals surface area contributed by atoms with Gasteiger partial charge in [0.15, 0.2) is 7.85 Å². The normalized spacial score (nSPS) is 6.25. The van der Waals surface area contributed by atoms with Crippen molar-refractivity contribution in [2.45, 2.75) is 6.92 Å². The van der Waals surface area contributed by atoms with Crippen LogP contribution in [0.3, 0.4) is 0 Å². The van der Waals surface area contributed by atoms with Crippen molar-refractivity contribution in [2.75, 3.05) is 0 Å². The highest BCUT2D eigenvalue weighted by Crippen LogP contribution is 1.40. The molecule has 0 bridgehead atoms.